The van der Waals surface area contributed by atoms with E-state index in [1.54, 1.807) is 18.3 Å². The van der Waals surface area contributed by atoms with Crippen molar-refractivity contribution in [2.45, 2.75) is 0 Å². The number of rotatable bonds is 8. The molecule has 0 unspecified atom stereocenters. The number of carbonyl (C=O) groups excluding carboxylic acids is 1. The lowest BCUT2D eigenvalue weighted by molar-refractivity contribution is 0.102. The molecule has 3 heterocycles. The van der Waals surface area contributed by atoms with Crippen molar-refractivity contribution in [2.75, 3.05) is 62.0 Å². The van der Waals surface area contributed by atoms with Crippen LogP contribution in [-0.4, -0.2) is 72.3 Å². The predicted molar refractivity (Wildman–Crippen MR) is 131 cm³/mol. The molecule has 0 bridgehead atoms. The van der Waals surface area contributed by atoms with Gasteiger partial charge in [0.05, 0.1) is 24.2 Å². The number of nitrogens with zero attached hydrogens (tertiary/aromatic N) is 3. The topological polar surface area (TPSA) is 123 Å². The summed E-state index contributed by atoms with van der Waals surface area (Å²) in [4.78, 5) is 36.8. The Labute approximate surface area is 197 Å². The van der Waals surface area contributed by atoms with Crippen LogP contribution in [0.15, 0.2) is 59.8 Å². The molecule has 1 aliphatic heterocycles. The van der Waals surface area contributed by atoms with Gasteiger partial charge in [-0.15, -0.1) is 0 Å². The first-order chi connectivity index (χ1) is 16.5. The minimum Gasteiger partial charge on any atom is -0.489 e. The van der Waals surface area contributed by atoms with Crippen molar-refractivity contribution in [3.8, 4) is 5.75 Å². The van der Waals surface area contributed by atoms with Gasteiger partial charge in [0, 0.05) is 56.0 Å². The predicted octanol–water partition coefficient (Wildman–Crippen LogP) is 1.89. The number of carbonyl (C=O) groups is 1. The van der Waals surface area contributed by atoms with Crippen molar-refractivity contribution < 1.29 is 14.6 Å². The van der Waals surface area contributed by atoms with Crippen molar-refractivity contribution in [1.82, 2.24) is 14.9 Å². The molecule has 0 radical (unpaired) electrons. The fourth-order valence-electron chi connectivity index (χ4n) is 3.72. The summed E-state index contributed by atoms with van der Waals surface area (Å²) in [5.41, 5.74) is 1.86. The van der Waals surface area contributed by atoms with Gasteiger partial charge in [0.25, 0.3) is 11.5 Å². The number of aromatic amines is 1. The highest BCUT2D eigenvalue weighted by atomic mass is 16.5. The molecule has 2 aromatic heterocycles. The smallest absolute Gasteiger partial charge is 0.263 e. The van der Waals surface area contributed by atoms with Gasteiger partial charge < -0.3 is 35.3 Å². The second kappa shape index (κ2) is 10.8. The summed E-state index contributed by atoms with van der Waals surface area (Å²) in [5, 5.41) is 14.9. The van der Waals surface area contributed by atoms with Gasteiger partial charge in [-0.3, -0.25) is 14.6 Å². The zero-order chi connectivity index (χ0) is 23.9. The van der Waals surface area contributed by atoms with E-state index < -0.39 is 11.5 Å². The van der Waals surface area contributed by atoms with E-state index in [1.807, 2.05) is 24.3 Å². The molecule has 3 aromatic rings. The Bertz CT molecular complexity index is 1170. The lowest BCUT2D eigenvalue weighted by atomic mass is 10.2. The SMILES string of the molecule is CN1CCN(c2ccc(NC(=O)c3c(Nc4cnccc4OCCO)cc[nH]c3=O)cc2)CC1. The summed E-state index contributed by atoms with van der Waals surface area (Å²) in [6.45, 7) is 3.88. The van der Waals surface area contributed by atoms with Gasteiger partial charge >= 0.3 is 0 Å². The van der Waals surface area contributed by atoms with Gasteiger partial charge in [-0.05, 0) is 37.4 Å². The van der Waals surface area contributed by atoms with Crippen LogP contribution in [0.25, 0.3) is 0 Å². The normalized spacial score (nSPS) is 14.0. The Kier molecular flexibility index (Phi) is 7.41. The first kappa shape index (κ1) is 23.3. The van der Waals surface area contributed by atoms with Crippen LogP contribution in [0.5, 0.6) is 5.75 Å². The average molecular weight is 465 g/mol. The molecule has 4 N–H and O–H groups in total. The Morgan fingerprint density at radius 2 is 1.88 bits per heavy atom. The van der Waals surface area contributed by atoms with Crippen LogP contribution < -0.4 is 25.8 Å². The number of H-pyrrole nitrogens is 1. The number of aliphatic hydroxyl groups excluding tert-OH is 1. The van der Waals surface area contributed by atoms with Crippen LogP contribution in [0.1, 0.15) is 10.4 Å². The summed E-state index contributed by atoms with van der Waals surface area (Å²) in [6, 6.07) is 10.8. The van der Waals surface area contributed by atoms with E-state index in [4.69, 9.17) is 9.84 Å². The van der Waals surface area contributed by atoms with Crippen LogP contribution in [0, 0.1) is 0 Å². The molecule has 4 rings (SSSR count). The number of anilines is 4. The van der Waals surface area contributed by atoms with E-state index >= 15 is 0 Å². The van der Waals surface area contributed by atoms with Crippen LogP contribution in [0.4, 0.5) is 22.7 Å². The first-order valence-corrected chi connectivity index (χ1v) is 11.1. The van der Waals surface area contributed by atoms with Crippen molar-refractivity contribution in [1.29, 1.82) is 0 Å². The van der Waals surface area contributed by atoms with E-state index in [2.05, 4.69) is 37.4 Å². The molecule has 0 atom stereocenters. The molecule has 1 saturated heterocycles. The molecule has 0 spiro atoms. The fraction of sp³-hybridized carbons (Fsp3) is 0.292. The van der Waals surface area contributed by atoms with Gasteiger partial charge in [-0.2, -0.15) is 0 Å². The molecular weight excluding hydrogens is 436 g/mol. The second-order valence-electron chi connectivity index (χ2n) is 7.96. The van der Waals surface area contributed by atoms with E-state index in [-0.39, 0.29) is 18.8 Å². The van der Waals surface area contributed by atoms with E-state index in [9.17, 15) is 9.59 Å². The Morgan fingerprint density at radius 1 is 1.12 bits per heavy atom. The zero-order valence-corrected chi connectivity index (χ0v) is 19.0. The third-order valence-corrected chi connectivity index (χ3v) is 5.58. The maximum atomic E-state index is 13.1. The summed E-state index contributed by atoms with van der Waals surface area (Å²) in [5.74, 6) is -0.103. The largest absolute Gasteiger partial charge is 0.489 e. The number of benzene rings is 1. The number of hydrogen-bond donors (Lipinski definition) is 4. The van der Waals surface area contributed by atoms with Gasteiger partial charge in [-0.1, -0.05) is 0 Å². The lowest BCUT2D eigenvalue weighted by Gasteiger charge is -2.34. The van der Waals surface area contributed by atoms with Crippen LogP contribution in [0.2, 0.25) is 0 Å². The average Bonchev–Trinajstić information content (AvgIpc) is 2.84. The van der Waals surface area contributed by atoms with E-state index in [0.29, 0.717) is 22.8 Å². The molecule has 1 aromatic carbocycles. The fourth-order valence-corrected chi connectivity index (χ4v) is 3.72. The summed E-state index contributed by atoms with van der Waals surface area (Å²) in [7, 11) is 2.11. The maximum Gasteiger partial charge on any atom is 0.263 e. The molecular formula is C24H28N6O4. The van der Waals surface area contributed by atoms with Gasteiger partial charge in [0.15, 0.2) is 0 Å². The van der Waals surface area contributed by atoms with Crippen LogP contribution in [0.3, 0.4) is 0 Å². The summed E-state index contributed by atoms with van der Waals surface area (Å²) >= 11 is 0. The Balaban J connectivity index is 1.51. The van der Waals surface area contributed by atoms with Gasteiger partial charge in [-0.25, -0.2) is 0 Å². The molecule has 1 fully saturated rings. The minimum atomic E-state index is -0.543. The minimum absolute atomic E-state index is 0.0670. The molecule has 1 aliphatic rings. The molecule has 1 amide bonds. The van der Waals surface area contributed by atoms with Gasteiger partial charge in [0.1, 0.15) is 17.9 Å². The molecule has 0 aliphatic carbocycles. The number of pyridine rings is 2. The maximum absolute atomic E-state index is 13.1. The van der Waals surface area contributed by atoms with Crippen molar-refractivity contribution >= 4 is 28.7 Å². The monoisotopic (exact) mass is 464 g/mol. The van der Waals surface area contributed by atoms with Crippen LogP contribution >= 0.6 is 0 Å². The molecule has 34 heavy (non-hydrogen) atoms. The molecule has 10 heteroatoms. The number of aliphatic hydroxyl groups is 1. The Morgan fingerprint density at radius 3 is 2.62 bits per heavy atom. The van der Waals surface area contributed by atoms with Crippen molar-refractivity contribution in [3.05, 3.63) is 70.9 Å². The number of amides is 1. The highest BCUT2D eigenvalue weighted by Crippen LogP contribution is 2.27. The molecule has 10 nitrogen and oxygen atoms in total. The number of aromatic nitrogens is 2. The van der Waals surface area contributed by atoms with Crippen LogP contribution in [-0.2, 0) is 0 Å². The van der Waals surface area contributed by atoms with Crippen molar-refractivity contribution in [2.24, 2.45) is 0 Å². The lowest BCUT2D eigenvalue weighted by Crippen LogP contribution is -2.44. The zero-order valence-electron chi connectivity index (χ0n) is 19.0. The van der Waals surface area contributed by atoms with Gasteiger partial charge in [0.2, 0.25) is 0 Å². The van der Waals surface area contributed by atoms with E-state index in [1.165, 1.54) is 12.4 Å². The number of piperazine rings is 1. The highest BCUT2D eigenvalue weighted by molar-refractivity contribution is 6.08. The summed E-state index contributed by atoms with van der Waals surface area (Å²) < 4.78 is 5.51. The number of nitrogens with one attached hydrogen (secondary N) is 3. The first-order valence-electron chi connectivity index (χ1n) is 11.1. The van der Waals surface area contributed by atoms with E-state index in [0.717, 1.165) is 31.9 Å². The number of ether oxygens (including phenoxy) is 1. The summed E-state index contributed by atoms with van der Waals surface area (Å²) in [6.07, 6.45) is 4.53. The second-order valence-corrected chi connectivity index (χ2v) is 7.96. The molecule has 178 valence electrons. The number of hydrogen-bond acceptors (Lipinski definition) is 8. The molecule has 0 saturated carbocycles. The quantitative estimate of drug-likeness (QED) is 0.399. The third-order valence-electron chi connectivity index (χ3n) is 5.58. The van der Waals surface area contributed by atoms with Crippen molar-refractivity contribution in [3.63, 3.8) is 0 Å². The Hall–Kier alpha value is -3.89. The standard InChI is InChI=1S/C24H28N6O4/c1-29-10-12-30(13-11-29)18-4-2-17(3-5-18)27-24(33)22-19(6-9-26-23(22)32)28-20-16-25-8-7-21(20)34-15-14-31/h2-9,16,31H,10-15H2,1H3,(H,27,33)(H2,26,28,32). The highest BCUT2D eigenvalue weighted by Gasteiger charge is 2.18. The number of likely N-dealkylation sites (N-methyl/N-ethyl adjacent to an activating group) is 1. The third kappa shape index (κ3) is 5.53.